The minimum absolute atomic E-state index is 0. The summed E-state index contributed by atoms with van der Waals surface area (Å²) in [4.78, 5) is 12.4. The Labute approximate surface area is 121 Å². The predicted octanol–water partition coefficient (Wildman–Crippen LogP) is 2.80. The molecule has 1 saturated carbocycles. The number of carbonyl (C=O) groups excluding carboxylic acids is 1. The summed E-state index contributed by atoms with van der Waals surface area (Å²) in [5, 5.41) is 3.11. The van der Waals surface area contributed by atoms with Gasteiger partial charge in [0.1, 0.15) is 0 Å². The number of hydrogen-bond donors (Lipinski definition) is 2. The van der Waals surface area contributed by atoms with Crippen molar-refractivity contribution in [3.63, 3.8) is 0 Å². The summed E-state index contributed by atoms with van der Waals surface area (Å²) in [6, 6.07) is 10.1. The Morgan fingerprint density at radius 2 is 1.89 bits per heavy atom. The first-order chi connectivity index (χ1) is 8.68. The molecule has 1 aromatic rings. The maximum atomic E-state index is 12.4. The molecule has 2 rings (SSSR count). The average molecular weight is 283 g/mol. The lowest BCUT2D eigenvalue weighted by molar-refractivity contribution is -0.131. The van der Waals surface area contributed by atoms with Crippen LogP contribution >= 0.6 is 12.4 Å². The molecule has 0 aromatic heterocycles. The van der Waals surface area contributed by atoms with Crippen LogP contribution in [0.25, 0.3) is 0 Å². The van der Waals surface area contributed by atoms with E-state index in [2.05, 4.69) is 5.32 Å². The maximum absolute atomic E-state index is 12.4. The predicted molar refractivity (Wildman–Crippen MR) is 80.2 cm³/mol. The molecule has 0 saturated heterocycles. The van der Waals surface area contributed by atoms with Crippen LogP contribution in [-0.4, -0.2) is 12.5 Å². The number of amides is 1. The quantitative estimate of drug-likeness (QED) is 0.892. The molecule has 0 aliphatic heterocycles. The second-order valence-electron chi connectivity index (χ2n) is 5.30. The zero-order valence-corrected chi connectivity index (χ0v) is 12.2. The maximum Gasteiger partial charge on any atom is 0.227 e. The highest BCUT2D eigenvalue weighted by atomic mass is 35.5. The van der Waals surface area contributed by atoms with Crippen molar-refractivity contribution in [3.05, 3.63) is 35.9 Å². The van der Waals surface area contributed by atoms with Crippen molar-refractivity contribution >= 4 is 18.3 Å². The molecule has 1 fully saturated rings. The van der Waals surface area contributed by atoms with Crippen LogP contribution in [0.4, 0.5) is 0 Å². The van der Waals surface area contributed by atoms with Gasteiger partial charge in [0.05, 0.1) is 11.5 Å². The highest BCUT2D eigenvalue weighted by Gasteiger charge is 2.40. The molecule has 3 N–H and O–H groups in total. The molecule has 0 spiro atoms. The first-order valence-corrected chi connectivity index (χ1v) is 6.74. The Balaban J connectivity index is 0.00000180. The molecule has 4 heteroatoms. The lowest BCUT2D eigenvalue weighted by Crippen LogP contribution is -2.44. The number of carbonyl (C=O) groups is 1. The number of halogens is 1. The van der Waals surface area contributed by atoms with Gasteiger partial charge in [0.2, 0.25) is 5.91 Å². The zero-order valence-electron chi connectivity index (χ0n) is 11.4. The van der Waals surface area contributed by atoms with E-state index in [0.717, 1.165) is 31.2 Å². The fraction of sp³-hybridized carbons (Fsp3) is 0.533. The molecule has 0 heterocycles. The first kappa shape index (κ1) is 16.0. The van der Waals surface area contributed by atoms with Crippen molar-refractivity contribution in [2.75, 3.05) is 6.54 Å². The molecule has 1 amide bonds. The topological polar surface area (TPSA) is 55.1 Å². The number of nitrogens with one attached hydrogen (secondary N) is 1. The molecule has 1 aliphatic carbocycles. The molecule has 1 aromatic carbocycles. The van der Waals surface area contributed by atoms with Crippen LogP contribution in [0.2, 0.25) is 0 Å². The lowest BCUT2D eigenvalue weighted by Gasteiger charge is -2.28. The van der Waals surface area contributed by atoms with Crippen LogP contribution in [0, 0.1) is 5.41 Å². The second kappa shape index (κ2) is 6.92. The zero-order chi connectivity index (χ0) is 13.0. The van der Waals surface area contributed by atoms with Gasteiger partial charge in [-0.2, -0.15) is 0 Å². The minimum atomic E-state index is -0.316. The van der Waals surface area contributed by atoms with E-state index in [1.807, 2.05) is 37.3 Å². The first-order valence-electron chi connectivity index (χ1n) is 6.74. The Morgan fingerprint density at radius 3 is 2.42 bits per heavy atom. The summed E-state index contributed by atoms with van der Waals surface area (Å²) < 4.78 is 0. The normalized spacial score (nSPS) is 18.4. The van der Waals surface area contributed by atoms with Gasteiger partial charge in [-0.3, -0.25) is 4.79 Å². The van der Waals surface area contributed by atoms with E-state index in [1.54, 1.807) is 0 Å². The van der Waals surface area contributed by atoms with Crippen molar-refractivity contribution in [2.24, 2.45) is 11.1 Å². The molecule has 3 nitrogen and oxygen atoms in total. The third-order valence-corrected chi connectivity index (χ3v) is 4.08. The van der Waals surface area contributed by atoms with Gasteiger partial charge in [-0.25, -0.2) is 0 Å². The van der Waals surface area contributed by atoms with E-state index in [-0.39, 0.29) is 29.8 Å². The third kappa shape index (κ3) is 3.48. The highest BCUT2D eigenvalue weighted by molar-refractivity contribution is 5.85. The van der Waals surface area contributed by atoms with Crippen molar-refractivity contribution in [1.29, 1.82) is 0 Å². The van der Waals surface area contributed by atoms with E-state index >= 15 is 0 Å². The van der Waals surface area contributed by atoms with Crippen molar-refractivity contribution in [2.45, 2.75) is 38.6 Å². The Morgan fingerprint density at radius 1 is 1.32 bits per heavy atom. The van der Waals surface area contributed by atoms with Gasteiger partial charge >= 0.3 is 0 Å². The summed E-state index contributed by atoms with van der Waals surface area (Å²) in [6.45, 7) is 2.48. The van der Waals surface area contributed by atoms with E-state index in [0.29, 0.717) is 6.54 Å². The van der Waals surface area contributed by atoms with Crippen LogP contribution in [-0.2, 0) is 4.79 Å². The lowest BCUT2D eigenvalue weighted by atomic mass is 9.85. The average Bonchev–Trinajstić information content (AvgIpc) is 2.89. The van der Waals surface area contributed by atoms with Gasteiger partial charge in [-0.05, 0) is 25.3 Å². The van der Waals surface area contributed by atoms with Crippen molar-refractivity contribution < 1.29 is 4.79 Å². The van der Waals surface area contributed by atoms with Gasteiger partial charge < -0.3 is 11.1 Å². The van der Waals surface area contributed by atoms with E-state index in [4.69, 9.17) is 5.73 Å². The van der Waals surface area contributed by atoms with Crippen LogP contribution in [0.3, 0.4) is 0 Å². The Bertz CT molecular complexity index is 402. The van der Waals surface area contributed by atoms with Gasteiger partial charge in [0.25, 0.3) is 0 Å². The summed E-state index contributed by atoms with van der Waals surface area (Å²) >= 11 is 0. The summed E-state index contributed by atoms with van der Waals surface area (Å²) in [5.74, 6) is 0.124. The number of benzene rings is 1. The van der Waals surface area contributed by atoms with Crippen LogP contribution in [0.5, 0.6) is 0 Å². The summed E-state index contributed by atoms with van der Waals surface area (Å²) in [5.41, 5.74) is 6.64. The minimum Gasteiger partial charge on any atom is -0.349 e. The Hall–Kier alpha value is -1.06. The largest absolute Gasteiger partial charge is 0.349 e. The molecule has 0 radical (unpaired) electrons. The SMILES string of the molecule is C[C@@H](NC(=O)C1(CN)CCCC1)c1ccccc1.Cl. The fourth-order valence-corrected chi connectivity index (χ4v) is 2.75. The van der Waals surface area contributed by atoms with E-state index in [1.165, 1.54) is 0 Å². The number of rotatable bonds is 4. The van der Waals surface area contributed by atoms with Gasteiger partial charge in [0.15, 0.2) is 0 Å². The van der Waals surface area contributed by atoms with Gasteiger partial charge in [-0.15, -0.1) is 12.4 Å². The highest BCUT2D eigenvalue weighted by Crippen LogP contribution is 2.37. The summed E-state index contributed by atoms with van der Waals surface area (Å²) in [6.07, 6.45) is 4.09. The van der Waals surface area contributed by atoms with Gasteiger partial charge in [-0.1, -0.05) is 43.2 Å². The molecule has 0 unspecified atom stereocenters. The molecular formula is C15H23ClN2O. The molecule has 19 heavy (non-hydrogen) atoms. The van der Waals surface area contributed by atoms with Crippen LogP contribution in [0.15, 0.2) is 30.3 Å². The Kier molecular flexibility index (Phi) is 5.83. The van der Waals surface area contributed by atoms with E-state index in [9.17, 15) is 4.79 Å². The van der Waals surface area contributed by atoms with Crippen molar-refractivity contribution in [1.82, 2.24) is 5.32 Å². The fourth-order valence-electron chi connectivity index (χ4n) is 2.75. The molecule has 1 aliphatic rings. The third-order valence-electron chi connectivity index (χ3n) is 4.08. The summed E-state index contributed by atoms with van der Waals surface area (Å²) in [7, 11) is 0. The molecule has 0 bridgehead atoms. The van der Waals surface area contributed by atoms with E-state index < -0.39 is 0 Å². The van der Waals surface area contributed by atoms with Crippen molar-refractivity contribution in [3.8, 4) is 0 Å². The molecular weight excluding hydrogens is 260 g/mol. The number of hydrogen-bond acceptors (Lipinski definition) is 2. The number of nitrogens with two attached hydrogens (primary N) is 1. The smallest absolute Gasteiger partial charge is 0.227 e. The monoisotopic (exact) mass is 282 g/mol. The van der Waals surface area contributed by atoms with Gasteiger partial charge in [0, 0.05) is 6.54 Å². The van der Waals surface area contributed by atoms with Crippen LogP contribution < -0.4 is 11.1 Å². The standard InChI is InChI=1S/C15H22N2O.ClH/c1-12(13-7-3-2-4-8-13)17-14(18)15(11-16)9-5-6-10-15;/h2-4,7-8,12H,5-6,9-11,16H2,1H3,(H,17,18);1H/t12-;/m1./s1. The molecule has 1 atom stereocenters. The van der Waals surface area contributed by atoms with Crippen LogP contribution in [0.1, 0.15) is 44.2 Å². The molecule has 106 valence electrons. The second-order valence-corrected chi connectivity index (χ2v) is 5.30.